The molecule has 1 aliphatic rings. The highest BCUT2D eigenvalue weighted by Crippen LogP contribution is 2.46. The molecular formula is C23H24N4O. The lowest BCUT2D eigenvalue weighted by Gasteiger charge is -2.35. The van der Waals surface area contributed by atoms with Gasteiger partial charge in [-0.25, -0.2) is 4.85 Å². The summed E-state index contributed by atoms with van der Waals surface area (Å²) in [7, 11) is 1.66. The van der Waals surface area contributed by atoms with Gasteiger partial charge in [-0.2, -0.15) is 5.10 Å². The monoisotopic (exact) mass is 372 g/mol. The molecule has 0 bridgehead atoms. The number of methoxy groups -OCH3 is 1. The van der Waals surface area contributed by atoms with Crippen molar-refractivity contribution >= 4 is 11.4 Å². The molecule has 0 saturated heterocycles. The standard InChI is InChI=1S/C23H24N4O/c1-25-21-14-26-27(15-16-9-11-20(28-2)12-10-16)23(21)22(17-5-3-6-17)18-7-4-8-19(24)13-18/h4,7-14,17,22H,3,5-6,15,24H2,2H3. The Morgan fingerprint density at radius 2 is 2.04 bits per heavy atom. The molecule has 5 heteroatoms. The Labute approximate surface area is 165 Å². The fourth-order valence-corrected chi connectivity index (χ4v) is 4.00. The molecule has 3 aromatic rings. The normalized spacial score (nSPS) is 14.9. The zero-order valence-corrected chi connectivity index (χ0v) is 16.0. The zero-order valence-electron chi connectivity index (χ0n) is 16.0. The van der Waals surface area contributed by atoms with Crippen molar-refractivity contribution in [3.05, 3.63) is 83.0 Å². The number of hydrogen-bond donors (Lipinski definition) is 1. The summed E-state index contributed by atoms with van der Waals surface area (Å²) in [5.41, 5.74) is 10.8. The fourth-order valence-electron chi connectivity index (χ4n) is 4.00. The molecule has 1 atom stereocenters. The molecule has 1 heterocycles. The van der Waals surface area contributed by atoms with Gasteiger partial charge < -0.3 is 10.5 Å². The smallest absolute Gasteiger partial charge is 0.228 e. The van der Waals surface area contributed by atoms with Crippen molar-refractivity contribution in [1.82, 2.24) is 9.78 Å². The highest BCUT2D eigenvalue weighted by atomic mass is 16.5. The van der Waals surface area contributed by atoms with Gasteiger partial charge in [-0.15, -0.1) is 0 Å². The molecule has 5 nitrogen and oxygen atoms in total. The first kappa shape index (κ1) is 18.1. The molecule has 142 valence electrons. The van der Waals surface area contributed by atoms with Gasteiger partial charge in [0.2, 0.25) is 5.69 Å². The summed E-state index contributed by atoms with van der Waals surface area (Å²) in [6.07, 6.45) is 5.28. The molecule has 1 fully saturated rings. The lowest BCUT2D eigenvalue weighted by atomic mass is 9.71. The second kappa shape index (κ2) is 7.77. The molecule has 2 N–H and O–H groups in total. The van der Waals surface area contributed by atoms with Crippen LogP contribution in [0.3, 0.4) is 0 Å². The first-order valence-corrected chi connectivity index (χ1v) is 9.61. The van der Waals surface area contributed by atoms with E-state index in [1.807, 2.05) is 47.1 Å². The van der Waals surface area contributed by atoms with Crippen LogP contribution in [0, 0.1) is 12.5 Å². The van der Waals surface area contributed by atoms with E-state index in [2.05, 4.69) is 16.0 Å². The highest BCUT2D eigenvalue weighted by molar-refractivity contribution is 5.54. The molecule has 0 radical (unpaired) electrons. The number of ether oxygens (including phenoxy) is 1. The Kier molecular flexibility index (Phi) is 5.03. The fraction of sp³-hybridized carbons (Fsp3) is 0.304. The van der Waals surface area contributed by atoms with Gasteiger partial charge >= 0.3 is 0 Å². The van der Waals surface area contributed by atoms with Crippen molar-refractivity contribution in [1.29, 1.82) is 0 Å². The Hall–Kier alpha value is -3.26. The van der Waals surface area contributed by atoms with E-state index in [0.717, 1.165) is 22.7 Å². The van der Waals surface area contributed by atoms with Crippen LogP contribution in [0.5, 0.6) is 5.75 Å². The van der Waals surface area contributed by atoms with Crippen LogP contribution in [0.1, 0.15) is 42.0 Å². The van der Waals surface area contributed by atoms with Gasteiger partial charge in [0.1, 0.15) is 5.75 Å². The van der Waals surface area contributed by atoms with E-state index < -0.39 is 0 Å². The van der Waals surface area contributed by atoms with Crippen molar-refractivity contribution in [2.45, 2.75) is 31.7 Å². The minimum atomic E-state index is 0.141. The second-order valence-corrected chi connectivity index (χ2v) is 7.37. The van der Waals surface area contributed by atoms with E-state index in [4.69, 9.17) is 17.0 Å². The SMILES string of the molecule is [C-]#[N+]c1cnn(Cc2ccc(OC)cc2)c1C(c1cccc(N)c1)C1CCC1. The van der Waals surface area contributed by atoms with Crippen molar-refractivity contribution in [3.8, 4) is 5.75 Å². The second-order valence-electron chi connectivity index (χ2n) is 7.37. The van der Waals surface area contributed by atoms with Crippen LogP contribution in [0.2, 0.25) is 0 Å². The lowest BCUT2D eigenvalue weighted by Crippen LogP contribution is -2.24. The van der Waals surface area contributed by atoms with Gasteiger partial charge in [-0.3, -0.25) is 4.68 Å². The number of nitrogens with zero attached hydrogens (tertiary/aromatic N) is 3. The molecule has 0 aliphatic heterocycles. The van der Waals surface area contributed by atoms with Gasteiger partial charge in [0.05, 0.1) is 32.1 Å². The summed E-state index contributed by atoms with van der Waals surface area (Å²) in [5.74, 6) is 1.49. The van der Waals surface area contributed by atoms with Crippen molar-refractivity contribution in [2.24, 2.45) is 5.92 Å². The number of rotatable bonds is 6. The molecule has 0 spiro atoms. The molecule has 4 rings (SSSR count). The molecular weight excluding hydrogens is 348 g/mol. The van der Waals surface area contributed by atoms with Gasteiger partial charge in [-0.1, -0.05) is 30.7 Å². The van der Waals surface area contributed by atoms with E-state index in [1.165, 1.54) is 24.8 Å². The number of nitrogens with two attached hydrogens (primary N) is 1. The number of aromatic nitrogens is 2. The Morgan fingerprint density at radius 1 is 1.25 bits per heavy atom. The lowest BCUT2D eigenvalue weighted by molar-refractivity contribution is 0.276. The molecule has 2 aromatic carbocycles. The van der Waals surface area contributed by atoms with E-state index in [-0.39, 0.29) is 5.92 Å². The molecule has 0 amide bonds. The minimum absolute atomic E-state index is 0.141. The predicted molar refractivity (Wildman–Crippen MR) is 111 cm³/mol. The molecule has 1 unspecified atom stereocenters. The summed E-state index contributed by atoms with van der Waals surface area (Å²) in [4.78, 5) is 3.79. The van der Waals surface area contributed by atoms with Crippen LogP contribution >= 0.6 is 0 Å². The molecule has 1 aromatic heterocycles. The number of benzene rings is 2. The van der Waals surface area contributed by atoms with Crippen LogP contribution < -0.4 is 10.5 Å². The highest BCUT2D eigenvalue weighted by Gasteiger charge is 2.34. The van der Waals surface area contributed by atoms with Crippen LogP contribution in [0.4, 0.5) is 11.4 Å². The maximum absolute atomic E-state index is 7.68. The van der Waals surface area contributed by atoms with Gasteiger partial charge in [-0.05, 0) is 54.2 Å². The zero-order chi connectivity index (χ0) is 19.5. The maximum atomic E-state index is 7.68. The van der Waals surface area contributed by atoms with E-state index >= 15 is 0 Å². The third kappa shape index (κ3) is 3.46. The van der Waals surface area contributed by atoms with E-state index in [1.54, 1.807) is 13.3 Å². The van der Waals surface area contributed by atoms with Crippen molar-refractivity contribution < 1.29 is 4.74 Å². The van der Waals surface area contributed by atoms with Crippen LogP contribution in [-0.2, 0) is 6.54 Å². The van der Waals surface area contributed by atoms with E-state index in [9.17, 15) is 0 Å². The first-order valence-electron chi connectivity index (χ1n) is 9.61. The summed E-state index contributed by atoms with van der Waals surface area (Å²) < 4.78 is 7.24. The first-order chi connectivity index (χ1) is 13.7. The summed E-state index contributed by atoms with van der Waals surface area (Å²) in [6, 6.07) is 16.1. The maximum Gasteiger partial charge on any atom is 0.228 e. The summed E-state index contributed by atoms with van der Waals surface area (Å²) in [6.45, 7) is 8.30. The van der Waals surface area contributed by atoms with Gasteiger partial charge in [0, 0.05) is 11.6 Å². The quantitative estimate of drug-likeness (QED) is 0.489. The number of nitrogen functional groups attached to an aromatic ring is 1. The minimum Gasteiger partial charge on any atom is -0.497 e. The van der Waals surface area contributed by atoms with E-state index in [0.29, 0.717) is 18.2 Å². The molecule has 1 saturated carbocycles. The molecule has 28 heavy (non-hydrogen) atoms. The van der Waals surface area contributed by atoms with Gasteiger partial charge in [0.15, 0.2) is 0 Å². The Bertz CT molecular complexity index is 996. The average Bonchev–Trinajstić information content (AvgIpc) is 3.07. The topological polar surface area (TPSA) is 57.4 Å². The number of anilines is 1. The average molecular weight is 372 g/mol. The third-order valence-corrected chi connectivity index (χ3v) is 5.66. The summed E-state index contributed by atoms with van der Waals surface area (Å²) >= 11 is 0. The van der Waals surface area contributed by atoms with Crippen molar-refractivity contribution in [2.75, 3.05) is 12.8 Å². The third-order valence-electron chi connectivity index (χ3n) is 5.66. The van der Waals surface area contributed by atoms with Crippen LogP contribution in [-0.4, -0.2) is 16.9 Å². The van der Waals surface area contributed by atoms with Gasteiger partial charge in [0.25, 0.3) is 0 Å². The number of hydrogen-bond acceptors (Lipinski definition) is 3. The van der Waals surface area contributed by atoms with Crippen molar-refractivity contribution in [3.63, 3.8) is 0 Å². The Balaban J connectivity index is 1.75. The molecule has 1 aliphatic carbocycles. The van der Waals surface area contributed by atoms with Crippen LogP contribution in [0.15, 0.2) is 54.7 Å². The summed E-state index contributed by atoms with van der Waals surface area (Å²) in [5, 5.41) is 4.57. The predicted octanol–water partition coefficient (Wildman–Crippen LogP) is 5.00. The van der Waals surface area contributed by atoms with Crippen LogP contribution in [0.25, 0.3) is 4.85 Å². The largest absolute Gasteiger partial charge is 0.497 e. The Morgan fingerprint density at radius 3 is 2.64 bits per heavy atom.